The molecular formula is C31H38O9. The summed E-state index contributed by atoms with van der Waals surface area (Å²) in [7, 11) is 1.62. The van der Waals surface area contributed by atoms with Crippen molar-refractivity contribution >= 4 is 0 Å². The smallest absolute Gasteiger partial charge is 0.163 e. The van der Waals surface area contributed by atoms with Crippen molar-refractivity contribution < 1.29 is 43.1 Å². The van der Waals surface area contributed by atoms with E-state index in [1.807, 2.05) is 68.4 Å². The van der Waals surface area contributed by atoms with Crippen molar-refractivity contribution in [2.45, 2.75) is 82.0 Å². The Morgan fingerprint density at radius 3 is 2.23 bits per heavy atom. The molecule has 0 radical (unpaired) electrons. The summed E-state index contributed by atoms with van der Waals surface area (Å²) in [5.74, 6) is 0.292. The maximum absolute atomic E-state index is 11.3. The number of hydrogen-bond acceptors (Lipinski definition) is 9. The lowest BCUT2D eigenvalue weighted by Gasteiger charge is -2.28. The largest absolute Gasteiger partial charge is 0.497 e. The fraction of sp³-hybridized carbons (Fsp3) is 0.484. The molecule has 2 N–H and O–H groups in total. The maximum Gasteiger partial charge on any atom is 0.163 e. The topological polar surface area (TPSA) is 109 Å². The van der Waals surface area contributed by atoms with Crippen molar-refractivity contribution in [3.8, 4) is 5.75 Å². The molecule has 0 bridgehead atoms. The van der Waals surface area contributed by atoms with Gasteiger partial charge < -0.3 is 43.1 Å². The van der Waals surface area contributed by atoms with Crippen LogP contribution in [-0.2, 0) is 36.9 Å². The SMILES string of the molecule is COc1ccc(CO[C@H]2[C@@H](OCc3ccccc3)[C@@H](CC3COC(C)(C)O3)O[C@H]2C(O)[C@@H](O)c2ccco2)cc1. The molecule has 2 aliphatic heterocycles. The predicted molar refractivity (Wildman–Crippen MR) is 144 cm³/mol. The molecule has 40 heavy (non-hydrogen) atoms. The summed E-state index contributed by atoms with van der Waals surface area (Å²) in [6.07, 6.45) is -3.62. The van der Waals surface area contributed by atoms with Crippen LogP contribution in [0.3, 0.4) is 0 Å². The number of rotatable bonds is 12. The Bertz CT molecular complexity index is 1170. The van der Waals surface area contributed by atoms with Crippen LogP contribution >= 0.6 is 0 Å². The second-order valence-corrected chi connectivity index (χ2v) is 10.7. The van der Waals surface area contributed by atoms with Crippen molar-refractivity contribution in [1.29, 1.82) is 0 Å². The van der Waals surface area contributed by atoms with Gasteiger partial charge >= 0.3 is 0 Å². The van der Waals surface area contributed by atoms with E-state index in [9.17, 15) is 10.2 Å². The molecule has 2 unspecified atom stereocenters. The van der Waals surface area contributed by atoms with Gasteiger partial charge in [0.1, 0.15) is 42.0 Å². The second-order valence-electron chi connectivity index (χ2n) is 10.7. The van der Waals surface area contributed by atoms with Crippen molar-refractivity contribution in [3.63, 3.8) is 0 Å². The zero-order valence-corrected chi connectivity index (χ0v) is 23.1. The van der Waals surface area contributed by atoms with E-state index in [1.165, 1.54) is 6.26 Å². The Kier molecular flexibility index (Phi) is 9.22. The minimum atomic E-state index is -1.34. The molecule has 7 atom stereocenters. The highest BCUT2D eigenvalue weighted by atomic mass is 16.7. The fourth-order valence-electron chi connectivity index (χ4n) is 5.24. The second kappa shape index (κ2) is 12.8. The molecule has 2 saturated heterocycles. The van der Waals surface area contributed by atoms with Gasteiger partial charge in [0.15, 0.2) is 5.79 Å². The molecular weight excluding hydrogens is 516 g/mol. The van der Waals surface area contributed by atoms with E-state index in [0.29, 0.717) is 19.6 Å². The third-order valence-corrected chi connectivity index (χ3v) is 7.29. The first kappa shape index (κ1) is 28.8. The van der Waals surface area contributed by atoms with Crippen LogP contribution in [-0.4, -0.2) is 66.3 Å². The van der Waals surface area contributed by atoms with Gasteiger partial charge in [0.05, 0.1) is 45.4 Å². The van der Waals surface area contributed by atoms with E-state index in [1.54, 1.807) is 19.2 Å². The van der Waals surface area contributed by atoms with E-state index in [-0.39, 0.29) is 18.5 Å². The molecule has 9 heteroatoms. The molecule has 216 valence electrons. The standard InChI is InChI=1S/C31H38O9/c1-31(2)38-19-23(40-31)16-25-28(36-17-20-8-5-4-6-9-20)30(37-18-21-11-13-22(34-3)14-12-21)29(39-25)27(33)26(32)24-10-7-15-35-24/h4-15,23,25-30,32-33H,16-19H2,1-3H3/t23?,25-,26+,27?,28+,29+,30+/m1/s1. The van der Waals surface area contributed by atoms with Gasteiger partial charge in [0.2, 0.25) is 0 Å². The molecule has 9 nitrogen and oxygen atoms in total. The molecule has 2 fully saturated rings. The quantitative estimate of drug-likeness (QED) is 0.341. The first-order valence-corrected chi connectivity index (χ1v) is 13.6. The summed E-state index contributed by atoms with van der Waals surface area (Å²) in [6.45, 7) is 4.73. The third kappa shape index (κ3) is 6.92. The third-order valence-electron chi connectivity index (χ3n) is 7.29. The first-order chi connectivity index (χ1) is 19.3. The number of aliphatic hydroxyl groups excluding tert-OH is 2. The zero-order valence-electron chi connectivity index (χ0n) is 23.1. The Morgan fingerprint density at radius 1 is 0.900 bits per heavy atom. The lowest BCUT2D eigenvalue weighted by molar-refractivity contribution is -0.148. The highest BCUT2D eigenvalue weighted by Crippen LogP contribution is 2.37. The Balaban J connectivity index is 1.40. The van der Waals surface area contributed by atoms with Gasteiger partial charge in [-0.25, -0.2) is 0 Å². The zero-order chi connectivity index (χ0) is 28.1. The van der Waals surface area contributed by atoms with Crippen LogP contribution in [0.15, 0.2) is 77.4 Å². The lowest BCUT2D eigenvalue weighted by Crippen LogP contribution is -2.44. The number of benzene rings is 2. The Hall–Kier alpha value is -2.76. The van der Waals surface area contributed by atoms with Crippen molar-refractivity contribution in [3.05, 3.63) is 89.9 Å². The highest BCUT2D eigenvalue weighted by Gasteiger charge is 2.52. The maximum atomic E-state index is 11.3. The number of methoxy groups -OCH3 is 1. The lowest BCUT2D eigenvalue weighted by atomic mass is 9.97. The van der Waals surface area contributed by atoms with Gasteiger partial charge in [-0.15, -0.1) is 0 Å². The molecule has 3 heterocycles. The highest BCUT2D eigenvalue weighted by molar-refractivity contribution is 5.26. The molecule has 1 aromatic heterocycles. The van der Waals surface area contributed by atoms with Crippen LogP contribution in [0, 0.1) is 0 Å². The van der Waals surface area contributed by atoms with Crippen molar-refractivity contribution in [2.75, 3.05) is 13.7 Å². The molecule has 2 aliphatic rings. The van der Waals surface area contributed by atoms with Crippen LogP contribution in [0.1, 0.15) is 43.3 Å². The first-order valence-electron chi connectivity index (χ1n) is 13.6. The molecule has 0 spiro atoms. The van der Waals surface area contributed by atoms with Crippen LogP contribution in [0.25, 0.3) is 0 Å². The Labute approximate surface area is 234 Å². The number of aliphatic hydroxyl groups is 2. The van der Waals surface area contributed by atoms with Crippen LogP contribution in [0.2, 0.25) is 0 Å². The van der Waals surface area contributed by atoms with E-state index in [4.69, 9.17) is 32.8 Å². The molecule has 0 aliphatic carbocycles. The van der Waals surface area contributed by atoms with Crippen LogP contribution in [0.4, 0.5) is 0 Å². The molecule has 3 aromatic rings. The summed E-state index contributed by atoms with van der Waals surface area (Å²) in [6, 6.07) is 20.7. The summed E-state index contributed by atoms with van der Waals surface area (Å²) in [5.41, 5.74) is 1.91. The fourth-order valence-corrected chi connectivity index (χ4v) is 5.24. The van der Waals surface area contributed by atoms with Crippen molar-refractivity contribution in [2.24, 2.45) is 0 Å². The molecule has 0 amide bonds. The summed E-state index contributed by atoms with van der Waals surface area (Å²) in [4.78, 5) is 0. The van der Waals surface area contributed by atoms with Gasteiger partial charge in [0, 0.05) is 6.42 Å². The molecule has 2 aromatic carbocycles. The average molecular weight is 555 g/mol. The minimum Gasteiger partial charge on any atom is -0.497 e. The van der Waals surface area contributed by atoms with Gasteiger partial charge in [-0.05, 0) is 49.2 Å². The van der Waals surface area contributed by atoms with Gasteiger partial charge in [-0.3, -0.25) is 0 Å². The van der Waals surface area contributed by atoms with Gasteiger partial charge in [0.25, 0.3) is 0 Å². The van der Waals surface area contributed by atoms with Crippen LogP contribution < -0.4 is 4.74 Å². The van der Waals surface area contributed by atoms with E-state index >= 15 is 0 Å². The number of ether oxygens (including phenoxy) is 6. The predicted octanol–water partition coefficient (Wildman–Crippen LogP) is 4.16. The summed E-state index contributed by atoms with van der Waals surface area (Å²) in [5, 5.41) is 22.3. The monoisotopic (exact) mass is 554 g/mol. The van der Waals surface area contributed by atoms with E-state index < -0.39 is 42.4 Å². The van der Waals surface area contributed by atoms with E-state index in [0.717, 1.165) is 16.9 Å². The van der Waals surface area contributed by atoms with Crippen LogP contribution in [0.5, 0.6) is 5.75 Å². The number of furan rings is 1. The number of hydrogen-bond donors (Lipinski definition) is 2. The summed E-state index contributed by atoms with van der Waals surface area (Å²) >= 11 is 0. The summed E-state index contributed by atoms with van der Waals surface area (Å²) < 4.78 is 41.8. The molecule has 5 rings (SSSR count). The van der Waals surface area contributed by atoms with Gasteiger partial charge in [-0.1, -0.05) is 42.5 Å². The average Bonchev–Trinajstić information content (AvgIpc) is 3.70. The van der Waals surface area contributed by atoms with Gasteiger partial charge in [-0.2, -0.15) is 0 Å². The molecule has 0 saturated carbocycles. The minimum absolute atomic E-state index is 0.226. The van der Waals surface area contributed by atoms with Crippen molar-refractivity contribution in [1.82, 2.24) is 0 Å². The van der Waals surface area contributed by atoms with E-state index in [2.05, 4.69) is 0 Å². The normalized spacial score (nSPS) is 27.5. The Morgan fingerprint density at radius 2 is 1.60 bits per heavy atom.